The van der Waals surface area contributed by atoms with E-state index in [0.717, 1.165) is 48.6 Å². The molecule has 1 heterocycles. The molecule has 1 aliphatic heterocycles. The summed E-state index contributed by atoms with van der Waals surface area (Å²) in [5.74, 6) is -0.133. The number of likely N-dealkylation sites (N-methyl/N-ethyl adjacent to an activating group) is 1. The van der Waals surface area contributed by atoms with Crippen molar-refractivity contribution in [2.75, 3.05) is 38.5 Å². The van der Waals surface area contributed by atoms with E-state index in [1.165, 1.54) is 5.56 Å². The van der Waals surface area contributed by atoms with Crippen LogP contribution < -0.4 is 5.32 Å². The van der Waals surface area contributed by atoms with E-state index >= 15 is 0 Å². The molecule has 1 N–H and O–H groups in total. The minimum atomic E-state index is -0.133. The van der Waals surface area contributed by atoms with Gasteiger partial charge in [0.1, 0.15) is 0 Å². The van der Waals surface area contributed by atoms with E-state index < -0.39 is 0 Å². The first-order valence-corrected chi connectivity index (χ1v) is 12.4. The average Bonchev–Trinajstić information content (AvgIpc) is 2.92. The third-order valence-electron chi connectivity index (χ3n) is 6.31. The fraction of sp³-hybridized carbons (Fsp3) is 0.258. The molecule has 0 aliphatic carbocycles. The van der Waals surface area contributed by atoms with Gasteiger partial charge in [-0.2, -0.15) is 0 Å². The number of nitrogens with one attached hydrogen (secondary N) is 1. The molecule has 3 aromatic carbocycles. The number of carbonyl (C=O) groups is 1. The van der Waals surface area contributed by atoms with Crippen molar-refractivity contribution in [3.63, 3.8) is 0 Å². The van der Waals surface area contributed by atoms with Gasteiger partial charge in [-0.25, -0.2) is 0 Å². The minimum absolute atomic E-state index is 0.0725. The number of nitrogens with zero attached hydrogens (tertiary/aromatic N) is 2. The van der Waals surface area contributed by atoms with Crippen molar-refractivity contribution in [2.24, 2.45) is 0 Å². The Bertz CT molecular complexity index is 1130. The van der Waals surface area contributed by atoms with Gasteiger partial charge in [0, 0.05) is 37.4 Å². The second kappa shape index (κ2) is 12.8. The third-order valence-corrected chi connectivity index (χ3v) is 6.31. The molecule has 1 atom stereocenters. The third kappa shape index (κ3) is 6.36. The zero-order valence-electron chi connectivity index (χ0n) is 21.2. The van der Waals surface area contributed by atoms with Crippen LogP contribution in [0.15, 0.2) is 86.0 Å². The van der Waals surface area contributed by atoms with Gasteiger partial charge in [0.25, 0.3) is 5.91 Å². The zero-order chi connectivity index (χ0) is 25.2. The highest BCUT2D eigenvalue weighted by Gasteiger charge is 2.27. The number of hydrogen-bond acceptors (Lipinski definition) is 3. The Hall–Kier alpha value is -3.47. The molecule has 4 heteroatoms. The molecule has 0 aromatic heterocycles. The SMILES string of the molecule is C=Cc1ccc(C(=O)Nc2ccccc2C(c2ccccc2)N2CCN(C)CC2)cc1C=C.CC. The summed E-state index contributed by atoms with van der Waals surface area (Å²) in [6.07, 6.45) is 3.52. The molecule has 1 fully saturated rings. The Morgan fingerprint density at radius 1 is 0.857 bits per heavy atom. The van der Waals surface area contributed by atoms with Crippen molar-refractivity contribution in [3.8, 4) is 0 Å². The van der Waals surface area contributed by atoms with Gasteiger partial charge in [-0.05, 0) is 47.5 Å². The van der Waals surface area contributed by atoms with Gasteiger partial charge in [-0.1, -0.05) is 93.8 Å². The summed E-state index contributed by atoms with van der Waals surface area (Å²) in [6.45, 7) is 15.7. The second-order valence-corrected chi connectivity index (χ2v) is 8.45. The van der Waals surface area contributed by atoms with E-state index in [4.69, 9.17) is 0 Å². The van der Waals surface area contributed by atoms with Crippen molar-refractivity contribution >= 4 is 23.7 Å². The molecule has 1 unspecified atom stereocenters. The predicted octanol–water partition coefficient (Wildman–Crippen LogP) is 6.59. The number of anilines is 1. The molecule has 1 amide bonds. The average molecular weight is 468 g/mol. The van der Waals surface area contributed by atoms with Crippen molar-refractivity contribution in [1.82, 2.24) is 9.80 Å². The molecule has 4 rings (SSSR count). The van der Waals surface area contributed by atoms with Crippen LogP contribution in [-0.2, 0) is 0 Å². The quantitative estimate of drug-likeness (QED) is 0.426. The van der Waals surface area contributed by atoms with Crippen LogP contribution in [0, 0.1) is 0 Å². The number of benzene rings is 3. The number of hydrogen-bond donors (Lipinski definition) is 1. The molecule has 3 aromatic rings. The molecule has 0 bridgehead atoms. The standard InChI is InChI=1S/C29H31N3O.C2H6/c1-4-22-15-16-25(21-23(22)5-2)29(33)30-27-14-10-9-13-26(27)28(24-11-7-6-8-12-24)32-19-17-31(3)18-20-32;1-2/h4-16,21,28H,1-2,17-20H2,3H3,(H,30,33);1-2H3. The minimum Gasteiger partial charge on any atom is -0.322 e. The maximum Gasteiger partial charge on any atom is 0.255 e. The maximum atomic E-state index is 13.2. The molecule has 0 spiro atoms. The fourth-order valence-electron chi connectivity index (χ4n) is 4.42. The molecule has 1 saturated heterocycles. The van der Waals surface area contributed by atoms with E-state index in [1.807, 2.05) is 56.3 Å². The van der Waals surface area contributed by atoms with Crippen LogP contribution in [0.2, 0.25) is 0 Å². The zero-order valence-corrected chi connectivity index (χ0v) is 21.2. The lowest BCUT2D eigenvalue weighted by molar-refractivity contribution is 0.102. The largest absolute Gasteiger partial charge is 0.322 e. The highest BCUT2D eigenvalue weighted by molar-refractivity contribution is 6.05. The highest BCUT2D eigenvalue weighted by Crippen LogP contribution is 2.34. The van der Waals surface area contributed by atoms with E-state index in [0.29, 0.717) is 5.56 Å². The number of carbonyl (C=O) groups excluding carboxylic acids is 1. The van der Waals surface area contributed by atoms with E-state index in [-0.39, 0.29) is 11.9 Å². The van der Waals surface area contributed by atoms with Gasteiger partial charge >= 0.3 is 0 Å². The Morgan fingerprint density at radius 3 is 2.14 bits per heavy atom. The second-order valence-electron chi connectivity index (χ2n) is 8.45. The van der Waals surface area contributed by atoms with E-state index in [1.54, 1.807) is 12.2 Å². The monoisotopic (exact) mass is 467 g/mol. The van der Waals surface area contributed by atoms with Crippen molar-refractivity contribution in [2.45, 2.75) is 19.9 Å². The Balaban J connectivity index is 0.00000167. The molecule has 182 valence electrons. The van der Waals surface area contributed by atoms with Crippen LogP contribution in [0.1, 0.15) is 52.5 Å². The Morgan fingerprint density at radius 2 is 1.49 bits per heavy atom. The molecule has 35 heavy (non-hydrogen) atoms. The van der Waals surface area contributed by atoms with Crippen LogP contribution in [0.3, 0.4) is 0 Å². The number of para-hydroxylation sites is 1. The van der Waals surface area contributed by atoms with Gasteiger partial charge in [-0.3, -0.25) is 9.69 Å². The molecule has 4 nitrogen and oxygen atoms in total. The molecule has 0 radical (unpaired) electrons. The number of rotatable bonds is 7. The van der Waals surface area contributed by atoms with Gasteiger partial charge < -0.3 is 10.2 Å². The summed E-state index contributed by atoms with van der Waals surface area (Å²) in [4.78, 5) is 18.1. The lowest BCUT2D eigenvalue weighted by Gasteiger charge is -2.39. The summed E-state index contributed by atoms with van der Waals surface area (Å²) < 4.78 is 0. The molecular weight excluding hydrogens is 430 g/mol. The van der Waals surface area contributed by atoms with Crippen LogP contribution in [0.25, 0.3) is 12.2 Å². The van der Waals surface area contributed by atoms with Crippen LogP contribution in [0.4, 0.5) is 5.69 Å². The van der Waals surface area contributed by atoms with Crippen molar-refractivity contribution in [1.29, 1.82) is 0 Å². The Kier molecular flexibility index (Phi) is 9.59. The van der Waals surface area contributed by atoms with Crippen LogP contribution >= 0.6 is 0 Å². The lowest BCUT2D eigenvalue weighted by atomic mass is 9.94. The number of amides is 1. The van der Waals surface area contributed by atoms with E-state index in [9.17, 15) is 4.79 Å². The van der Waals surface area contributed by atoms with Crippen LogP contribution in [0.5, 0.6) is 0 Å². The number of piperazine rings is 1. The van der Waals surface area contributed by atoms with Crippen LogP contribution in [-0.4, -0.2) is 48.9 Å². The summed E-state index contributed by atoms with van der Waals surface area (Å²) in [5, 5.41) is 3.18. The fourth-order valence-corrected chi connectivity index (χ4v) is 4.42. The normalized spacial score (nSPS) is 14.8. The summed E-state index contributed by atoms with van der Waals surface area (Å²) in [7, 11) is 2.16. The van der Waals surface area contributed by atoms with Crippen molar-refractivity contribution in [3.05, 3.63) is 114 Å². The molecule has 0 saturated carbocycles. The first-order valence-electron chi connectivity index (χ1n) is 12.4. The lowest BCUT2D eigenvalue weighted by Crippen LogP contribution is -2.46. The predicted molar refractivity (Wildman–Crippen MR) is 150 cm³/mol. The molecule has 1 aliphatic rings. The van der Waals surface area contributed by atoms with Gasteiger partial charge in [-0.15, -0.1) is 0 Å². The maximum absolute atomic E-state index is 13.2. The van der Waals surface area contributed by atoms with E-state index in [2.05, 4.69) is 65.7 Å². The first kappa shape index (κ1) is 26.1. The van der Waals surface area contributed by atoms with Gasteiger partial charge in [0.05, 0.1) is 6.04 Å². The Labute approximate surface area is 210 Å². The van der Waals surface area contributed by atoms with Crippen molar-refractivity contribution < 1.29 is 4.79 Å². The molecular formula is C31H37N3O. The summed E-state index contributed by atoms with van der Waals surface area (Å²) >= 11 is 0. The summed E-state index contributed by atoms with van der Waals surface area (Å²) in [5.41, 5.74) is 5.62. The topological polar surface area (TPSA) is 35.6 Å². The first-order chi connectivity index (χ1) is 17.1. The highest BCUT2D eigenvalue weighted by atomic mass is 16.1. The van der Waals surface area contributed by atoms with Gasteiger partial charge in [0.2, 0.25) is 0 Å². The van der Waals surface area contributed by atoms with Gasteiger partial charge in [0.15, 0.2) is 0 Å². The summed E-state index contributed by atoms with van der Waals surface area (Å²) in [6, 6.07) is 24.4. The smallest absolute Gasteiger partial charge is 0.255 e.